The number of H-pyrrole nitrogens is 1. The summed E-state index contributed by atoms with van der Waals surface area (Å²) in [6.07, 6.45) is 6.12. The molecule has 1 amide bonds. The standard InChI is InChI=1S/C25H31N3O3/c1-28-13-5-3-4-6-24(29)21-14-17(7-10-23(21)28)25(30)26-12-11-18-16-27-22-9-8-19(31-2)15-20(18)22/h7-10,14-16,24,27,29H,3-6,11-13H2,1-2H3,(H,26,30). The van der Waals surface area contributed by atoms with Crippen molar-refractivity contribution in [2.75, 3.05) is 32.1 Å². The Morgan fingerprint density at radius 3 is 2.94 bits per heavy atom. The number of benzene rings is 2. The first-order valence-corrected chi connectivity index (χ1v) is 11.0. The van der Waals surface area contributed by atoms with Gasteiger partial charge in [-0.3, -0.25) is 4.79 Å². The predicted molar refractivity (Wildman–Crippen MR) is 124 cm³/mol. The van der Waals surface area contributed by atoms with Crippen LogP contribution in [0.25, 0.3) is 10.9 Å². The number of nitrogens with zero attached hydrogens (tertiary/aromatic N) is 1. The summed E-state index contributed by atoms with van der Waals surface area (Å²) in [5.41, 5.74) is 4.64. The van der Waals surface area contributed by atoms with Crippen molar-refractivity contribution in [2.24, 2.45) is 0 Å². The Balaban J connectivity index is 1.45. The van der Waals surface area contributed by atoms with Crippen LogP contribution in [0.3, 0.4) is 0 Å². The lowest BCUT2D eigenvalue weighted by molar-refractivity contribution is 0.0953. The van der Waals surface area contributed by atoms with E-state index in [2.05, 4.69) is 15.2 Å². The third kappa shape index (κ3) is 4.69. The van der Waals surface area contributed by atoms with Gasteiger partial charge in [0.05, 0.1) is 13.2 Å². The monoisotopic (exact) mass is 421 g/mol. The predicted octanol–water partition coefficient (Wildman–Crippen LogP) is 4.19. The summed E-state index contributed by atoms with van der Waals surface area (Å²) in [4.78, 5) is 18.2. The Hall–Kier alpha value is -2.99. The van der Waals surface area contributed by atoms with E-state index in [1.165, 1.54) is 0 Å². The van der Waals surface area contributed by atoms with E-state index in [-0.39, 0.29) is 5.91 Å². The molecule has 0 bridgehead atoms. The van der Waals surface area contributed by atoms with Crippen molar-refractivity contribution in [2.45, 2.75) is 38.2 Å². The first-order valence-electron chi connectivity index (χ1n) is 11.0. The molecule has 3 N–H and O–H groups in total. The van der Waals surface area contributed by atoms with E-state index in [0.717, 1.165) is 72.1 Å². The van der Waals surface area contributed by atoms with E-state index in [4.69, 9.17) is 4.74 Å². The van der Waals surface area contributed by atoms with E-state index in [1.54, 1.807) is 7.11 Å². The fourth-order valence-electron chi connectivity index (χ4n) is 4.35. The van der Waals surface area contributed by atoms with Crippen molar-refractivity contribution in [1.82, 2.24) is 10.3 Å². The van der Waals surface area contributed by atoms with Crippen LogP contribution in [-0.4, -0.2) is 43.2 Å². The van der Waals surface area contributed by atoms with Crippen LogP contribution in [-0.2, 0) is 6.42 Å². The number of rotatable bonds is 5. The minimum absolute atomic E-state index is 0.116. The molecule has 2 aromatic carbocycles. The topological polar surface area (TPSA) is 77.6 Å². The summed E-state index contributed by atoms with van der Waals surface area (Å²) in [6.45, 7) is 1.49. The third-order valence-electron chi connectivity index (χ3n) is 6.19. The Bertz CT molecular complexity index is 1060. The van der Waals surface area contributed by atoms with E-state index >= 15 is 0 Å². The van der Waals surface area contributed by atoms with Gasteiger partial charge in [-0.2, -0.15) is 0 Å². The number of carbonyl (C=O) groups is 1. The molecule has 0 aliphatic carbocycles. The number of aliphatic hydroxyl groups excluding tert-OH is 1. The molecule has 6 heteroatoms. The van der Waals surface area contributed by atoms with Crippen molar-refractivity contribution in [3.05, 3.63) is 59.3 Å². The molecule has 3 aromatic rings. The smallest absolute Gasteiger partial charge is 0.251 e. The molecule has 0 fully saturated rings. The number of aromatic nitrogens is 1. The average Bonchev–Trinajstić information content (AvgIpc) is 3.21. The Kier molecular flexibility index (Phi) is 6.47. The number of ether oxygens (including phenoxy) is 1. The van der Waals surface area contributed by atoms with Crippen molar-refractivity contribution in [3.63, 3.8) is 0 Å². The largest absolute Gasteiger partial charge is 0.497 e. The molecule has 31 heavy (non-hydrogen) atoms. The van der Waals surface area contributed by atoms with Crippen molar-refractivity contribution in [3.8, 4) is 5.75 Å². The maximum atomic E-state index is 12.8. The highest BCUT2D eigenvalue weighted by Gasteiger charge is 2.19. The highest BCUT2D eigenvalue weighted by molar-refractivity contribution is 5.95. The zero-order valence-electron chi connectivity index (χ0n) is 18.3. The zero-order chi connectivity index (χ0) is 21.8. The molecule has 1 aliphatic heterocycles. The van der Waals surface area contributed by atoms with E-state index < -0.39 is 6.10 Å². The number of hydrogen-bond acceptors (Lipinski definition) is 4. The van der Waals surface area contributed by atoms with Gasteiger partial charge in [0.2, 0.25) is 0 Å². The van der Waals surface area contributed by atoms with Gasteiger partial charge in [0.15, 0.2) is 0 Å². The van der Waals surface area contributed by atoms with Crippen LogP contribution in [0, 0.1) is 0 Å². The SMILES string of the molecule is COc1ccc2[nH]cc(CCNC(=O)c3ccc4c(c3)C(O)CCCCCN4C)c2c1. The van der Waals surface area contributed by atoms with Gasteiger partial charge in [0, 0.05) is 54.1 Å². The summed E-state index contributed by atoms with van der Waals surface area (Å²) in [5.74, 6) is 0.701. The van der Waals surface area contributed by atoms with Crippen molar-refractivity contribution < 1.29 is 14.6 Å². The average molecular weight is 422 g/mol. The number of hydrogen-bond donors (Lipinski definition) is 3. The van der Waals surface area contributed by atoms with Crippen LogP contribution in [0.4, 0.5) is 5.69 Å². The number of fused-ring (bicyclic) bond motifs is 2. The van der Waals surface area contributed by atoms with Crippen LogP contribution < -0.4 is 15.0 Å². The molecule has 0 radical (unpaired) electrons. The second-order valence-corrected chi connectivity index (χ2v) is 8.29. The molecule has 6 nitrogen and oxygen atoms in total. The third-order valence-corrected chi connectivity index (χ3v) is 6.19. The molecule has 0 saturated heterocycles. The molecule has 1 aliphatic rings. The summed E-state index contributed by atoms with van der Waals surface area (Å²) in [6, 6.07) is 11.6. The Morgan fingerprint density at radius 1 is 1.23 bits per heavy atom. The summed E-state index contributed by atoms with van der Waals surface area (Å²) in [5, 5.41) is 14.8. The molecular weight excluding hydrogens is 390 g/mol. The van der Waals surface area contributed by atoms with Crippen LogP contribution in [0.1, 0.15) is 53.3 Å². The molecule has 2 heterocycles. The molecule has 1 aromatic heterocycles. The summed E-state index contributed by atoms with van der Waals surface area (Å²) in [7, 11) is 3.71. The quantitative estimate of drug-likeness (QED) is 0.577. The molecule has 1 atom stereocenters. The first kappa shape index (κ1) is 21.2. The van der Waals surface area contributed by atoms with Gasteiger partial charge in [0.1, 0.15) is 5.75 Å². The van der Waals surface area contributed by atoms with Gasteiger partial charge >= 0.3 is 0 Å². The van der Waals surface area contributed by atoms with Gasteiger partial charge in [-0.05, 0) is 61.2 Å². The number of anilines is 1. The molecule has 0 saturated carbocycles. The molecule has 1 unspecified atom stereocenters. The number of methoxy groups -OCH3 is 1. The van der Waals surface area contributed by atoms with Gasteiger partial charge in [-0.1, -0.05) is 12.8 Å². The minimum Gasteiger partial charge on any atom is -0.497 e. The van der Waals surface area contributed by atoms with Gasteiger partial charge < -0.3 is 25.0 Å². The highest BCUT2D eigenvalue weighted by atomic mass is 16.5. The number of nitrogens with one attached hydrogen (secondary N) is 2. The summed E-state index contributed by atoms with van der Waals surface area (Å²) < 4.78 is 5.33. The van der Waals surface area contributed by atoms with Crippen LogP contribution in [0.15, 0.2) is 42.6 Å². The minimum atomic E-state index is -0.537. The van der Waals surface area contributed by atoms with E-state index in [1.807, 2.05) is 49.6 Å². The number of amides is 1. The van der Waals surface area contributed by atoms with Crippen LogP contribution in [0.2, 0.25) is 0 Å². The highest BCUT2D eigenvalue weighted by Crippen LogP contribution is 2.32. The molecule has 4 rings (SSSR count). The second kappa shape index (κ2) is 9.43. The fraction of sp³-hybridized carbons (Fsp3) is 0.400. The van der Waals surface area contributed by atoms with Crippen molar-refractivity contribution in [1.29, 1.82) is 0 Å². The Morgan fingerprint density at radius 2 is 2.10 bits per heavy atom. The summed E-state index contributed by atoms with van der Waals surface area (Å²) >= 11 is 0. The van der Waals surface area contributed by atoms with Gasteiger partial charge in [-0.25, -0.2) is 0 Å². The lowest BCUT2D eigenvalue weighted by Gasteiger charge is -2.24. The second-order valence-electron chi connectivity index (χ2n) is 8.29. The van der Waals surface area contributed by atoms with Crippen LogP contribution in [0.5, 0.6) is 5.75 Å². The molecule has 0 spiro atoms. The van der Waals surface area contributed by atoms with Gasteiger partial charge in [-0.15, -0.1) is 0 Å². The maximum Gasteiger partial charge on any atom is 0.251 e. The Labute approximate surface area is 183 Å². The number of carbonyl (C=O) groups excluding carboxylic acids is 1. The van der Waals surface area contributed by atoms with E-state index in [9.17, 15) is 9.90 Å². The maximum absolute atomic E-state index is 12.8. The lowest BCUT2D eigenvalue weighted by atomic mass is 9.99. The zero-order valence-corrected chi connectivity index (χ0v) is 18.3. The molecular formula is C25H31N3O3. The number of aliphatic hydroxyl groups is 1. The molecule has 164 valence electrons. The normalized spacial score (nSPS) is 16.9. The number of aromatic amines is 1. The fourth-order valence-corrected chi connectivity index (χ4v) is 4.35. The van der Waals surface area contributed by atoms with Crippen LogP contribution >= 0.6 is 0 Å². The first-order chi connectivity index (χ1) is 15.1. The van der Waals surface area contributed by atoms with Gasteiger partial charge in [0.25, 0.3) is 5.91 Å². The van der Waals surface area contributed by atoms with E-state index in [0.29, 0.717) is 12.1 Å². The van der Waals surface area contributed by atoms with Crippen molar-refractivity contribution >= 4 is 22.5 Å². The lowest BCUT2D eigenvalue weighted by Crippen LogP contribution is -2.26.